The highest BCUT2D eigenvalue weighted by molar-refractivity contribution is 7.91. The SMILES string of the molecule is Cc1ccc2oc3c(O[C@@H]4C[C@H]5C(=O)N[C@]6(C(=O)NS(=O)(=O)C7(C)CC7)C[C@@H]6/C=C\CCCCC[C@H](NC(=O)OC6CCCC6)C(=O)N5C4)nc(-c4ccc(C(C)(C)C)cc4)nc3c2c1. The molecule has 65 heavy (non-hydrogen) atoms. The summed E-state index contributed by atoms with van der Waals surface area (Å²) in [5.74, 6) is -1.86. The number of ether oxygens (including phenoxy) is 2. The predicted molar refractivity (Wildman–Crippen MR) is 244 cm³/mol. The number of sulfonamides is 1. The fourth-order valence-corrected chi connectivity index (χ4v) is 10.8. The molecule has 9 rings (SSSR count). The number of hydrogen-bond acceptors (Lipinski definition) is 11. The number of alkyl carbamates (subject to hydrolysis) is 1. The molecular weight excluding hydrogens is 849 g/mol. The zero-order chi connectivity index (χ0) is 45.9. The van der Waals surface area contributed by atoms with Crippen LogP contribution in [-0.2, 0) is 34.6 Å². The van der Waals surface area contributed by atoms with E-state index in [1.165, 1.54) is 4.90 Å². The Kier molecular flexibility index (Phi) is 11.7. The van der Waals surface area contributed by atoms with E-state index in [0.717, 1.165) is 60.6 Å². The summed E-state index contributed by atoms with van der Waals surface area (Å²) in [4.78, 5) is 68.4. The summed E-state index contributed by atoms with van der Waals surface area (Å²) in [5, 5.41) is 6.56. The Morgan fingerprint density at radius 1 is 0.954 bits per heavy atom. The Morgan fingerprint density at radius 3 is 2.42 bits per heavy atom. The highest BCUT2D eigenvalue weighted by Crippen LogP contribution is 2.48. The third-order valence-corrected chi connectivity index (χ3v) is 16.2. The van der Waals surface area contributed by atoms with Gasteiger partial charge in [0, 0.05) is 23.3 Å². The second-order valence-corrected chi connectivity index (χ2v) is 22.4. The number of amides is 4. The molecule has 0 unspecified atom stereocenters. The van der Waals surface area contributed by atoms with Gasteiger partial charge in [-0.05, 0) is 101 Å². The molecule has 16 heteroatoms. The topological polar surface area (TPSA) is 199 Å². The lowest BCUT2D eigenvalue weighted by Crippen LogP contribution is -2.58. The Balaban J connectivity index is 1.06. The molecule has 3 N–H and O–H groups in total. The van der Waals surface area contributed by atoms with Crippen LogP contribution in [0.4, 0.5) is 4.79 Å². The summed E-state index contributed by atoms with van der Waals surface area (Å²) in [7, 11) is -4.02. The van der Waals surface area contributed by atoms with Gasteiger partial charge in [0.25, 0.3) is 11.8 Å². The molecule has 5 atom stereocenters. The van der Waals surface area contributed by atoms with E-state index >= 15 is 0 Å². The van der Waals surface area contributed by atoms with Crippen LogP contribution in [0.15, 0.2) is 59.0 Å². The molecule has 0 bridgehead atoms. The van der Waals surface area contributed by atoms with Crippen molar-refractivity contribution in [3.8, 4) is 17.3 Å². The molecule has 2 aromatic heterocycles. The number of aryl methyl sites for hydroxylation is 1. The van der Waals surface area contributed by atoms with Crippen molar-refractivity contribution >= 4 is 55.9 Å². The largest absolute Gasteiger partial charge is 0.470 e. The number of furan rings is 1. The van der Waals surface area contributed by atoms with Crippen molar-refractivity contribution in [1.29, 1.82) is 0 Å². The van der Waals surface area contributed by atoms with Crippen LogP contribution in [0.5, 0.6) is 5.88 Å². The van der Waals surface area contributed by atoms with Gasteiger partial charge in [0.2, 0.25) is 27.4 Å². The van der Waals surface area contributed by atoms with Gasteiger partial charge in [0.05, 0.1) is 11.3 Å². The minimum absolute atomic E-state index is 0.00810. The number of rotatable bonds is 8. The van der Waals surface area contributed by atoms with Crippen LogP contribution in [0, 0.1) is 12.8 Å². The van der Waals surface area contributed by atoms with Gasteiger partial charge in [-0.1, -0.05) is 81.7 Å². The maximum absolute atomic E-state index is 14.9. The zero-order valence-corrected chi connectivity index (χ0v) is 38.7. The first kappa shape index (κ1) is 44.7. The van der Waals surface area contributed by atoms with Gasteiger partial charge in [0.1, 0.15) is 40.9 Å². The summed E-state index contributed by atoms with van der Waals surface area (Å²) in [6.07, 6.45) is 9.77. The second kappa shape index (κ2) is 17.0. The average molecular weight is 909 g/mol. The fourth-order valence-electron chi connectivity index (χ4n) is 9.50. The number of fused-ring (bicyclic) bond motifs is 5. The molecule has 4 amide bonds. The summed E-state index contributed by atoms with van der Waals surface area (Å²) >= 11 is 0. The number of carbonyl (C=O) groups is 4. The Bertz CT molecular complexity index is 2660. The van der Waals surface area contributed by atoms with Gasteiger partial charge < -0.3 is 29.4 Å². The van der Waals surface area contributed by atoms with Crippen molar-refractivity contribution in [2.75, 3.05) is 6.54 Å². The van der Waals surface area contributed by atoms with Crippen LogP contribution in [0.1, 0.15) is 122 Å². The Hall–Kier alpha value is -5.51. The van der Waals surface area contributed by atoms with E-state index in [9.17, 15) is 27.6 Å². The lowest BCUT2D eigenvalue weighted by molar-refractivity contribution is -0.141. The van der Waals surface area contributed by atoms with Crippen LogP contribution in [-0.4, -0.2) is 88.2 Å². The van der Waals surface area contributed by atoms with Crippen LogP contribution < -0.4 is 20.1 Å². The molecule has 5 aliphatic rings. The summed E-state index contributed by atoms with van der Waals surface area (Å²) in [6.45, 7) is 9.95. The van der Waals surface area contributed by atoms with Crippen LogP contribution in [0.25, 0.3) is 33.5 Å². The van der Waals surface area contributed by atoms with Crippen molar-refractivity contribution in [1.82, 2.24) is 30.2 Å². The van der Waals surface area contributed by atoms with Crippen molar-refractivity contribution in [2.24, 2.45) is 5.92 Å². The molecule has 4 heterocycles. The summed E-state index contributed by atoms with van der Waals surface area (Å²) in [6, 6.07) is 11.7. The number of allylic oxidation sites excluding steroid dienone is 1. The average Bonchev–Trinajstić information content (AvgIpc) is 3.93. The lowest BCUT2D eigenvalue weighted by Gasteiger charge is -2.30. The molecule has 3 saturated carbocycles. The highest BCUT2D eigenvalue weighted by Gasteiger charge is 2.63. The third-order valence-electron chi connectivity index (χ3n) is 14.1. The molecule has 3 aliphatic carbocycles. The fraction of sp³-hybridized carbons (Fsp3) is 0.551. The van der Waals surface area contributed by atoms with Gasteiger partial charge in [0.15, 0.2) is 5.82 Å². The number of carbonyl (C=O) groups excluding carboxylic acids is 4. The molecule has 15 nitrogen and oxygen atoms in total. The van der Waals surface area contributed by atoms with Crippen molar-refractivity contribution in [2.45, 2.75) is 158 Å². The van der Waals surface area contributed by atoms with Crippen LogP contribution >= 0.6 is 0 Å². The van der Waals surface area contributed by atoms with Crippen LogP contribution in [0.2, 0.25) is 0 Å². The van der Waals surface area contributed by atoms with Gasteiger partial charge in [-0.25, -0.2) is 18.2 Å². The van der Waals surface area contributed by atoms with Gasteiger partial charge in [-0.15, -0.1) is 0 Å². The van der Waals surface area contributed by atoms with E-state index in [1.54, 1.807) is 6.92 Å². The van der Waals surface area contributed by atoms with Crippen LogP contribution in [0.3, 0.4) is 0 Å². The first-order valence-electron chi connectivity index (χ1n) is 23.2. The van der Waals surface area contributed by atoms with E-state index < -0.39 is 68.2 Å². The Labute approximate surface area is 379 Å². The van der Waals surface area contributed by atoms with Gasteiger partial charge in [-0.3, -0.25) is 19.1 Å². The van der Waals surface area contributed by atoms with E-state index in [-0.39, 0.29) is 36.8 Å². The molecule has 2 aromatic carbocycles. The summed E-state index contributed by atoms with van der Waals surface area (Å²) in [5.41, 5.74) is 2.74. The maximum atomic E-state index is 14.9. The minimum Gasteiger partial charge on any atom is -0.470 e. The molecule has 346 valence electrons. The molecule has 4 aromatic rings. The van der Waals surface area contributed by atoms with Crippen molar-refractivity contribution in [3.05, 3.63) is 65.7 Å². The number of hydrogen-bond donors (Lipinski definition) is 3. The quantitative estimate of drug-likeness (QED) is 0.149. The molecule has 1 saturated heterocycles. The smallest absolute Gasteiger partial charge is 0.408 e. The van der Waals surface area contributed by atoms with Gasteiger partial charge in [-0.2, -0.15) is 4.98 Å². The number of aromatic nitrogens is 2. The van der Waals surface area contributed by atoms with Crippen molar-refractivity contribution in [3.63, 3.8) is 0 Å². The van der Waals surface area contributed by atoms with E-state index in [2.05, 4.69) is 48.3 Å². The third kappa shape index (κ3) is 9.07. The predicted octanol–water partition coefficient (Wildman–Crippen LogP) is 7.43. The summed E-state index contributed by atoms with van der Waals surface area (Å²) < 4.78 is 46.8. The zero-order valence-electron chi connectivity index (χ0n) is 37.9. The van der Waals surface area contributed by atoms with E-state index in [4.69, 9.17) is 23.9 Å². The first-order valence-corrected chi connectivity index (χ1v) is 24.7. The number of nitrogens with zero attached hydrogens (tertiary/aromatic N) is 3. The maximum Gasteiger partial charge on any atom is 0.408 e. The minimum atomic E-state index is -4.02. The highest BCUT2D eigenvalue weighted by atomic mass is 32.2. The first-order chi connectivity index (χ1) is 30.9. The molecular formula is C49H60N6O9S. The van der Waals surface area contributed by atoms with Gasteiger partial charge >= 0.3 is 6.09 Å². The standard InChI is InChI=1S/C49H60N6O9S/c1-29-17-22-38-35(25-29)39-40(64-38)43(52-41(51-39)30-18-20-31(21-19-30)47(2,3)4)62-34-26-37-42(56)53-49(45(58)54-65(60,61)48(5)23-24-48)27-32(49)13-9-7-6-8-10-16-36(44(57)55(37)28-34)50-46(59)63-33-14-11-12-15-33/h9,13,17-22,25,32-34,36-37H,6-8,10-12,14-16,23-24,26-28H2,1-5H3,(H,50,59)(H,53,56)(H,54,58)/b13-9-/t32-,34+,36-,37-,49+/m0/s1. The monoisotopic (exact) mass is 908 g/mol. The van der Waals surface area contributed by atoms with E-state index in [1.807, 2.05) is 49.4 Å². The molecule has 4 fully saturated rings. The molecule has 0 radical (unpaired) electrons. The lowest BCUT2D eigenvalue weighted by atomic mass is 9.87. The molecule has 0 spiro atoms. The Morgan fingerprint density at radius 2 is 1.69 bits per heavy atom. The number of benzene rings is 2. The normalized spacial score (nSPS) is 26.6. The molecule has 2 aliphatic heterocycles. The second-order valence-electron chi connectivity index (χ2n) is 20.2. The van der Waals surface area contributed by atoms with Crippen molar-refractivity contribution < 1.29 is 41.5 Å². The number of nitrogens with one attached hydrogen (secondary N) is 3. The van der Waals surface area contributed by atoms with E-state index in [0.29, 0.717) is 54.6 Å².